The van der Waals surface area contributed by atoms with Crippen LogP contribution in [-0.4, -0.2) is 30.4 Å². The highest BCUT2D eigenvalue weighted by Crippen LogP contribution is 2.49. The van der Waals surface area contributed by atoms with Crippen LogP contribution in [0.1, 0.15) is 53.5 Å². The summed E-state index contributed by atoms with van der Waals surface area (Å²) in [6.07, 6.45) is 3.53. The van der Waals surface area contributed by atoms with Crippen molar-refractivity contribution in [1.29, 1.82) is 0 Å². The standard InChI is InChI=1S/C21H29BN2O/c1-14-12-17-16-10-8-9-11-18(16)25-19(17)23(7)22(14)24-15(2)20(3,4)13-21(24,5)6/h8-12,15H,13H2,1-7H3. The second-order valence-electron chi connectivity index (χ2n) is 9.25. The molecule has 0 saturated carbocycles. The minimum absolute atomic E-state index is 0.153. The molecule has 0 bridgehead atoms. The van der Waals surface area contributed by atoms with Crippen molar-refractivity contribution >= 4 is 29.9 Å². The van der Waals surface area contributed by atoms with Crippen molar-refractivity contribution in [3.8, 4) is 0 Å². The molecule has 1 fully saturated rings. The van der Waals surface area contributed by atoms with E-state index in [1.165, 1.54) is 22.8 Å². The maximum absolute atomic E-state index is 6.25. The highest BCUT2D eigenvalue weighted by Gasteiger charge is 2.54. The fourth-order valence-electron chi connectivity index (χ4n) is 5.38. The summed E-state index contributed by atoms with van der Waals surface area (Å²) in [5, 5.41) is 1.20. The van der Waals surface area contributed by atoms with Gasteiger partial charge >= 0.3 is 6.98 Å². The van der Waals surface area contributed by atoms with E-state index in [2.05, 4.69) is 82.5 Å². The first-order valence-corrected chi connectivity index (χ1v) is 9.34. The molecule has 0 N–H and O–H groups in total. The van der Waals surface area contributed by atoms with Crippen LogP contribution in [-0.2, 0) is 0 Å². The van der Waals surface area contributed by atoms with E-state index >= 15 is 0 Å². The minimum atomic E-state index is 0.153. The molecule has 0 spiro atoms. The van der Waals surface area contributed by atoms with Gasteiger partial charge in [-0.05, 0) is 52.6 Å². The van der Waals surface area contributed by atoms with Crippen molar-refractivity contribution in [2.75, 3.05) is 11.9 Å². The van der Waals surface area contributed by atoms with Crippen LogP contribution in [0.2, 0.25) is 0 Å². The fourth-order valence-corrected chi connectivity index (χ4v) is 5.38. The lowest BCUT2D eigenvalue weighted by molar-refractivity contribution is 0.233. The summed E-state index contributed by atoms with van der Waals surface area (Å²) < 4.78 is 6.25. The largest absolute Gasteiger partial charge is 0.441 e. The van der Waals surface area contributed by atoms with Crippen LogP contribution in [0.4, 0.5) is 5.88 Å². The Labute approximate surface area is 151 Å². The predicted octanol–water partition coefficient (Wildman–Crippen LogP) is 5.21. The lowest BCUT2D eigenvalue weighted by atomic mass is 9.59. The van der Waals surface area contributed by atoms with Crippen molar-refractivity contribution in [3.63, 3.8) is 0 Å². The van der Waals surface area contributed by atoms with Crippen LogP contribution in [0.3, 0.4) is 0 Å². The highest BCUT2D eigenvalue weighted by atomic mass is 16.4. The Morgan fingerprint density at radius 2 is 1.84 bits per heavy atom. The SMILES string of the molecule is CC1=Cc2c(oc3ccccc23)N(C)B1N1C(C)C(C)(C)CC1(C)C. The van der Waals surface area contributed by atoms with Gasteiger partial charge in [-0.3, -0.25) is 0 Å². The molecule has 3 heterocycles. The summed E-state index contributed by atoms with van der Waals surface area (Å²) in [6.45, 7) is 14.4. The molecule has 3 nitrogen and oxygen atoms in total. The van der Waals surface area contributed by atoms with E-state index in [0.717, 1.165) is 11.5 Å². The Morgan fingerprint density at radius 1 is 1.16 bits per heavy atom. The molecule has 4 heteroatoms. The number of para-hydroxylation sites is 1. The van der Waals surface area contributed by atoms with Gasteiger partial charge in [-0.2, -0.15) is 0 Å². The first-order chi connectivity index (χ1) is 11.6. The lowest BCUT2D eigenvalue weighted by Crippen LogP contribution is -2.61. The molecule has 1 unspecified atom stereocenters. The molecule has 2 aromatic rings. The van der Waals surface area contributed by atoms with Crippen molar-refractivity contribution in [1.82, 2.24) is 4.81 Å². The molecule has 1 aromatic heterocycles. The number of allylic oxidation sites excluding steroid dienone is 1. The maximum atomic E-state index is 6.25. The molecule has 0 amide bonds. The molecular weight excluding hydrogens is 307 g/mol. The second kappa shape index (κ2) is 5.17. The van der Waals surface area contributed by atoms with E-state index in [4.69, 9.17) is 4.42 Å². The normalized spacial score (nSPS) is 25.4. The molecule has 2 aliphatic rings. The molecule has 25 heavy (non-hydrogen) atoms. The van der Waals surface area contributed by atoms with Gasteiger partial charge in [-0.1, -0.05) is 43.6 Å². The van der Waals surface area contributed by atoms with Gasteiger partial charge in [0.2, 0.25) is 0 Å². The maximum Gasteiger partial charge on any atom is 0.376 e. The Hall–Kier alpha value is -1.68. The third kappa shape index (κ3) is 2.30. The van der Waals surface area contributed by atoms with Gasteiger partial charge in [0, 0.05) is 22.5 Å². The van der Waals surface area contributed by atoms with Crippen LogP contribution in [0.15, 0.2) is 34.2 Å². The molecule has 0 radical (unpaired) electrons. The summed E-state index contributed by atoms with van der Waals surface area (Å²) in [6, 6.07) is 8.84. The van der Waals surface area contributed by atoms with Gasteiger partial charge in [0.05, 0.1) is 0 Å². The van der Waals surface area contributed by atoms with Crippen LogP contribution in [0.25, 0.3) is 17.0 Å². The zero-order chi connectivity index (χ0) is 18.1. The number of rotatable bonds is 1. The average Bonchev–Trinajstić information content (AvgIpc) is 2.95. The van der Waals surface area contributed by atoms with Crippen LogP contribution in [0.5, 0.6) is 0 Å². The van der Waals surface area contributed by atoms with Crippen molar-refractivity contribution in [2.24, 2.45) is 5.41 Å². The Balaban J connectivity index is 1.84. The zero-order valence-corrected chi connectivity index (χ0v) is 16.6. The molecule has 1 aromatic carbocycles. The first-order valence-electron chi connectivity index (χ1n) is 9.34. The fraction of sp³-hybridized carbons (Fsp3) is 0.524. The van der Waals surface area contributed by atoms with Gasteiger partial charge in [-0.25, -0.2) is 0 Å². The smallest absolute Gasteiger partial charge is 0.376 e. The van der Waals surface area contributed by atoms with Crippen LogP contribution >= 0.6 is 0 Å². The number of hydrogen-bond donors (Lipinski definition) is 0. The van der Waals surface area contributed by atoms with Crippen molar-refractivity contribution in [3.05, 3.63) is 35.3 Å². The van der Waals surface area contributed by atoms with E-state index in [0.29, 0.717) is 11.5 Å². The molecule has 1 saturated heterocycles. The summed E-state index contributed by atoms with van der Waals surface area (Å²) in [7, 11) is 2.18. The highest BCUT2D eigenvalue weighted by molar-refractivity contribution is 6.69. The Morgan fingerprint density at radius 3 is 2.48 bits per heavy atom. The molecule has 4 rings (SSSR count). The van der Waals surface area contributed by atoms with Gasteiger partial charge < -0.3 is 14.0 Å². The number of furan rings is 1. The number of hydrogen-bond acceptors (Lipinski definition) is 3. The van der Waals surface area contributed by atoms with Crippen molar-refractivity contribution in [2.45, 2.75) is 59.5 Å². The van der Waals surface area contributed by atoms with E-state index in [-0.39, 0.29) is 12.5 Å². The lowest BCUT2D eigenvalue weighted by Gasteiger charge is -2.45. The average molecular weight is 336 g/mol. The van der Waals surface area contributed by atoms with Gasteiger partial charge in [-0.15, -0.1) is 0 Å². The molecule has 132 valence electrons. The van der Waals surface area contributed by atoms with E-state index in [9.17, 15) is 0 Å². The summed E-state index contributed by atoms with van der Waals surface area (Å²) >= 11 is 0. The predicted molar refractivity (Wildman–Crippen MR) is 108 cm³/mol. The quantitative estimate of drug-likeness (QED) is 0.666. The third-order valence-electron chi connectivity index (χ3n) is 6.48. The Bertz CT molecular complexity index is 864. The van der Waals surface area contributed by atoms with Crippen LogP contribution < -0.4 is 4.81 Å². The number of nitrogens with zero attached hydrogens (tertiary/aromatic N) is 2. The van der Waals surface area contributed by atoms with E-state index in [1.54, 1.807) is 0 Å². The summed E-state index contributed by atoms with van der Waals surface area (Å²) in [4.78, 5) is 5.03. The number of benzene rings is 1. The van der Waals surface area contributed by atoms with Gasteiger partial charge in [0.25, 0.3) is 0 Å². The minimum Gasteiger partial charge on any atom is -0.441 e. The third-order valence-corrected chi connectivity index (χ3v) is 6.48. The molecule has 2 aliphatic heterocycles. The topological polar surface area (TPSA) is 19.6 Å². The van der Waals surface area contributed by atoms with Crippen molar-refractivity contribution < 1.29 is 4.42 Å². The van der Waals surface area contributed by atoms with Gasteiger partial charge in [0.1, 0.15) is 5.58 Å². The Kier molecular flexibility index (Phi) is 3.47. The first kappa shape index (κ1) is 16.8. The summed E-state index contributed by atoms with van der Waals surface area (Å²) in [5.41, 5.74) is 4.03. The van der Waals surface area contributed by atoms with Gasteiger partial charge in [0.15, 0.2) is 5.88 Å². The number of fused-ring (bicyclic) bond motifs is 3. The second-order valence-corrected chi connectivity index (χ2v) is 9.25. The molecule has 0 aliphatic carbocycles. The van der Waals surface area contributed by atoms with E-state index < -0.39 is 0 Å². The zero-order valence-electron chi connectivity index (χ0n) is 16.6. The molecule has 1 atom stereocenters. The van der Waals surface area contributed by atoms with Crippen LogP contribution in [0, 0.1) is 5.41 Å². The molecular formula is C21H29BN2O. The number of anilines is 1. The summed E-state index contributed by atoms with van der Waals surface area (Å²) in [5.74, 6) is 0.990. The monoisotopic (exact) mass is 336 g/mol. The van der Waals surface area contributed by atoms with E-state index in [1.807, 2.05) is 6.07 Å².